The Balaban J connectivity index is 2.32. The Kier molecular flexibility index (Phi) is 1.64. The van der Waals surface area contributed by atoms with Gasteiger partial charge in [-0.15, -0.1) is 0 Å². The van der Waals surface area contributed by atoms with Crippen LogP contribution in [-0.4, -0.2) is 10.9 Å². The van der Waals surface area contributed by atoms with Crippen molar-refractivity contribution in [2.24, 2.45) is 10.8 Å². The third-order valence-electron chi connectivity index (χ3n) is 0.759. The molecule has 0 radical (unpaired) electrons. The maximum absolute atomic E-state index is 5.08. The van der Waals surface area contributed by atoms with Crippen molar-refractivity contribution in [2.45, 2.75) is 0 Å². The molecule has 0 aromatic rings. The van der Waals surface area contributed by atoms with Crippen LogP contribution in [0.3, 0.4) is 0 Å². The van der Waals surface area contributed by atoms with Crippen molar-refractivity contribution in [3.05, 3.63) is 12.3 Å². The lowest BCUT2D eigenvalue weighted by molar-refractivity contribution is 0.998. The predicted octanol–water partition coefficient (Wildman–Crippen LogP) is -0.750. The van der Waals surface area contributed by atoms with E-state index in [9.17, 15) is 0 Å². The lowest BCUT2D eigenvalue weighted by Gasteiger charge is -2.07. The number of nitrogens with two attached hydrogens (primary N) is 1. The number of amidine groups is 1. The SMILES string of the molecule is NC(=S)NN=C1C=CN1. The maximum atomic E-state index is 5.08. The number of rotatable bonds is 1. The zero-order valence-electron chi connectivity index (χ0n) is 4.59. The normalized spacial score (nSPS) is 18.4. The molecule has 48 valence electrons. The van der Waals surface area contributed by atoms with Gasteiger partial charge in [-0.05, 0) is 18.3 Å². The zero-order valence-corrected chi connectivity index (χ0v) is 5.40. The average molecular weight is 142 g/mol. The quantitative estimate of drug-likeness (QED) is 0.333. The van der Waals surface area contributed by atoms with Gasteiger partial charge in [0.1, 0.15) is 0 Å². The van der Waals surface area contributed by atoms with E-state index in [4.69, 9.17) is 5.73 Å². The molecule has 0 aromatic heterocycles. The molecule has 1 rings (SSSR count). The second kappa shape index (κ2) is 2.45. The molecule has 0 amide bonds. The minimum atomic E-state index is 0.171. The molecule has 0 saturated carbocycles. The van der Waals surface area contributed by atoms with Gasteiger partial charge in [0.25, 0.3) is 0 Å². The van der Waals surface area contributed by atoms with Crippen LogP contribution in [0.25, 0.3) is 0 Å². The number of hydrogen-bond acceptors (Lipinski definition) is 2. The van der Waals surface area contributed by atoms with Crippen LogP contribution >= 0.6 is 12.2 Å². The molecule has 0 aromatic carbocycles. The van der Waals surface area contributed by atoms with Gasteiger partial charge in [-0.3, -0.25) is 5.43 Å². The van der Waals surface area contributed by atoms with E-state index in [-0.39, 0.29) is 5.11 Å². The lowest BCUT2D eigenvalue weighted by atomic mass is 10.4. The monoisotopic (exact) mass is 142 g/mol. The van der Waals surface area contributed by atoms with E-state index >= 15 is 0 Å². The highest BCUT2D eigenvalue weighted by atomic mass is 32.1. The first-order valence-corrected chi connectivity index (χ1v) is 2.76. The van der Waals surface area contributed by atoms with Crippen molar-refractivity contribution in [2.75, 3.05) is 0 Å². The van der Waals surface area contributed by atoms with Crippen molar-refractivity contribution in [1.82, 2.24) is 10.7 Å². The fourth-order valence-electron chi connectivity index (χ4n) is 0.343. The summed E-state index contributed by atoms with van der Waals surface area (Å²) in [7, 11) is 0. The summed E-state index contributed by atoms with van der Waals surface area (Å²) in [5.74, 6) is 0.739. The van der Waals surface area contributed by atoms with Crippen LogP contribution in [0, 0.1) is 0 Å². The minimum Gasteiger partial charge on any atom is -0.375 e. The van der Waals surface area contributed by atoms with Crippen molar-refractivity contribution < 1.29 is 0 Å². The van der Waals surface area contributed by atoms with Gasteiger partial charge in [0, 0.05) is 6.20 Å². The first-order valence-electron chi connectivity index (χ1n) is 2.35. The highest BCUT2D eigenvalue weighted by Gasteiger charge is 1.97. The molecule has 0 atom stereocenters. The highest BCUT2D eigenvalue weighted by Crippen LogP contribution is 1.84. The van der Waals surface area contributed by atoms with Crippen LogP contribution in [0.4, 0.5) is 0 Å². The molecular formula is C4H6N4S. The summed E-state index contributed by atoms with van der Waals surface area (Å²) in [5, 5.41) is 6.70. The van der Waals surface area contributed by atoms with Crippen LogP contribution < -0.4 is 16.5 Å². The summed E-state index contributed by atoms with van der Waals surface area (Å²) in [6.45, 7) is 0. The summed E-state index contributed by atoms with van der Waals surface area (Å²) in [5.41, 5.74) is 7.51. The van der Waals surface area contributed by atoms with Crippen LogP contribution in [0.5, 0.6) is 0 Å². The van der Waals surface area contributed by atoms with Gasteiger partial charge >= 0.3 is 0 Å². The third kappa shape index (κ3) is 1.69. The number of hydrazone groups is 1. The van der Waals surface area contributed by atoms with Crippen molar-refractivity contribution >= 4 is 23.2 Å². The van der Waals surface area contributed by atoms with Gasteiger partial charge in [0.2, 0.25) is 0 Å². The minimum absolute atomic E-state index is 0.171. The van der Waals surface area contributed by atoms with Crippen LogP contribution in [0.15, 0.2) is 17.4 Å². The largest absolute Gasteiger partial charge is 0.375 e. The van der Waals surface area contributed by atoms with Crippen molar-refractivity contribution in [3.63, 3.8) is 0 Å². The van der Waals surface area contributed by atoms with Crippen LogP contribution in [0.1, 0.15) is 0 Å². The summed E-state index contributed by atoms with van der Waals surface area (Å²) >= 11 is 4.49. The Morgan fingerprint density at radius 1 is 1.89 bits per heavy atom. The van der Waals surface area contributed by atoms with E-state index in [1.807, 2.05) is 0 Å². The van der Waals surface area contributed by atoms with E-state index < -0.39 is 0 Å². The van der Waals surface area contributed by atoms with Gasteiger partial charge in [-0.1, -0.05) is 0 Å². The molecule has 4 nitrogen and oxygen atoms in total. The molecule has 0 spiro atoms. The summed E-state index contributed by atoms with van der Waals surface area (Å²) in [6, 6.07) is 0. The Morgan fingerprint density at radius 2 is 2.56 bits per heavy atom. The molecule has 0 unspecified atom stereocenters. The van der Waals surface area contributed by atoms with Crippen molar-refractivity contribution in [1.29, 1.82) is 0 Å². The van der Waals surface area contributed by atoms with Gasteiger partial charge in [0.15, 0.2) is 10.9 Å². The smallest absolute Gasteiger partial charge is 0.184 e. The van der Waals surface area contributed by atoms with Gasteiger partial charge in [-0.2, -0.15) is 5.10 Å². The standard InChI is InChI=1S/C4H6N4S/c5-4(9)8-7-3-1-2-6-3/h1-2H,(H,6,7)(H3,5,8,9). The molecular weight excluding hydrogens is 136 g/mol. The van der Waals surface area contributed by atoms with E-state index in [2.05, 4.69) is 28.1 Å². The fraction of sp³-hybridized carbons (Fsp3) is 0. The second-order valence-electron chi connectivity index (χ2n) is 1.45. The van der Waals surface area contributed by atoms with Gasteiger partial charge in [-0.25, -0.2) is 0 Å². The molecule has 0 fully saturated rings. The first-order chi connectivity index (χ1) is 4.29. The zero-order chi connectivity index (χ0) is 6.69. The Bertz CT molecular complexity index is 183. The lowest BCUT2D eigenvalue weighted by Crippen LogP contribution is -2.31. The second-order valence-corrected chi connectivity index (χ2v) is 1.89. The molecule has 1 heterocycles. The molecule has 1 aliphatic heterocycles. The number of thiocarbonyl (C=S) groups is 1. The van der Waals surface area contributed by atoms with E-state index in [1.54, 1.807) is 12.3 Å². The number of hydrogen-bond donors (Lipinski definition) is 3. The predicted molar refractivity (Wildman–Crippen MR) is 39.6 cm³/mol. The summed E-state index contributed by atoms with van der Waals surface area (Å²) in [6.07, 6.45) is 3.56. The molecule has 5 heteroatoms. The average Bonchev–Trinajstić information content (AvgIpc) is 1.60. The first kappa shape index (κ1) is 6.03. The summed E-state index contributed by atoms with van der Waals surface area (Å²) in [4.78, 5) is 0. The van der Waals surface area contributed by atoms with Crippen molar-refractivity contribution in [3.8, 4) is 0 Å². The molecule has 9 heavy (non-hydrogen) atoms. The van der Waals surface area contributed by atoms with Crippen LogP contribution in [-0.2, 0) is 0 Å². The number of nitrogens with zero attached hydrogens (tertiary/aromatic N) is 1. The van der Waals surface area contributed by atoms with E-state index in [0.717, 1.165) is 5.84 Å². The highest BCUT2D eigenvalue weighted by molar-refractivity contribution is 7.80. The van der Waals surface area contributed by atoms with Gasteiger partial charge in [0.05, 0.1) is 0 Å². The fourth-order valence-corrected chi connectivity index (χ4v) is 0.388. The topological polar surface area (TPSA) is 62.4 Å². The molecule has 4 N–H and O–H groups in total. The molecule has 0 aliphatic carbocycles. The summed E-state index contributed by atoms with van der Waals surface area (Å²) < 4.78 is 0. The Labute approximate surface area is 57.8 Å². The Hall–Kier alpha value is -1.10. The van der Waals surface area contributed by atoms with Crippen LogP contribution in [0.2, 0.25) is 0 Å². The van der Waals surface area contributed by atoms with E-state index in [0.29, 0.717) is 0 Å². The Morgan fingerprint density at radius 3 is 2.89 bits per heavy atom. The number of nitrogens with one attached hydrogen (secondary N) is 2. The van der Waals surface area contributed by atoms with E-state index in [1.165, 1.54) is 0 Å². The third-order valence-corrected chi connectivity index (χ3v) is 0.850. The molecule has 1 aliphatic rings. The van der Waals surface area contributed by atoms with Gasteiger partial charge < -0.3 is 11.1 Å². The molecule has 0 bridgehead atoms. The maximum Gasteiger partial charge on any atom is 0.184 e. The molecule has 0 saturated heterocycles.